The average Bonchev–Trinajstić information content (AvgIpc) is 3.44. The van der Waals surface area contributed by atoms with Gasteiger partial charge in [0.15, 0.2) is 0 Å². The minimum Gasteiger partial charge on any atom is -0.491 e. The third-order valence-electron chi connectivity index (χ3n) is 6.52. The van der Waals surface area contributed by atoms with E-state index in [0.717, 1.165) is 36.4 Å². The lowest BCUT2D eigenvalue weighted by molar-refractivity contribution is 0.0569. The zero-order valence-electron chi connectivity index (χ0n) is 17.6. The molecular formula is C23H30N2O3S. The minimum atomic E-state index is -0.479. The zero-order valence-corrected chi connectivity index (χ0v) is 18.4. The summed E-state index contributed by atoms with van der Waals surface area (Å²) in [5, 5.41) is 13.4. The molecule has 1 aromatic carbocycles. The predicted octanol–water partition coefficient (Wildman–Crippen LogP) is 3.78. The van der Waals surface area contributed by atoms with Crippen LogP contribution in [0.4, 0.5) is 0 Å². The van der Waals surface area contributed by atoms with Gasteiger partial charge in [0.2, 0.25) is 0 Å². The summed E-state index contributed by atoms with van der Waals surface area (Å²) >= 11 is 1.58. The van der Waals surface area contributed by atoms with Gasteiger partial charge in [-0.1, -0.05) is 6.07 Å². The van der Waals surface area contributed by atoms with Crippen molar-refractivity contribution in [1.29, 1.82) is 0 Å². The molecule has 2 aliphatic heterocycles. The van der Waals surface area contributed by atoms with E-state index in [-0.39, 0.29) is 5.91 Å². The highest BCUT2D eigenvalue weighted by Crippen LogP contribution is 2.39. The van der Waals surface area contributed by atoms with Crippen LogP contribution >= 0.6 is 11.3 Å². The van der Waals surface area contributed by atoms with Crippen molar-refractivity contribution in [3.05, 3.63) is 51.2 Å². The molecule has 0 saturated carbocycles. The van der Waals surface area contributed by atoms with Gasteiger partial charge in [0.05, 0.1) is 11.7 Å². The summed E-state index contributed by atoms with van der Waals surface area (Å²) in [6, 6.07) is 7.13. The van der Waals surface area contributed by atoms with Crippen molar-refractivity contribution in [2.24, 2.45) is 0 Å². The fourth-order valence-corrected chi connectivity index (χ4v) is 5.42. The van der Waals surface area contributed by atoms with Crippen LogP contribution in [0.3, 0.4) is 0 Å². The van der Waals surface area contributed by atoms with Gasteiger partial charge in [-0.05, 0) is 68.3 Å². The predicted molar refractivity (Wildman–Crippen MR) is 116 cm³/mol. The first kappa shape index (κ1) is 20.4. The Morgan fingerprint density at radius 2 is 2.00 bits per heavy atom. The van der Waals surface area contributed by atoms with E-state index in [1.807, 2.05) is 22.9 Å². The van der Waals surface area contributed by atoms with Gasteiger partial charge in [-0.25, -0.2) is 0 Å². The molecule has 1 amide bonds. The molecule has 3 heterocycles. The number of carbonyl (C=O) groups is 1. The highest BCUT2D eigenvalue weighted by molar-refractivity contribution is 7.08. The summed E-state index contributed by atoms with van der Waals surface area (Å²) < 4.78 is 5.76. The number of nitrogens with zero attached hydrogens (tertiary/aromatic N) is 2. The third-order valence-corrected chi connectivity index (χ3v) is 7.20. The molecule has 2 bridgehead atoms. The SMILES string of the molecule is Cc1c(OCC(C)O)ccc([C@H](C)N2C[C@@H]3C[C@H]2CN3C(=O)c2ccsc2)c1C. The van der Waals surface area contributed by atoms with E-state index in [1.165, 1.54) is 11.1 Å². The molecule has 2 fully saturated rings. The quantitative estimate of drug-likeness (QED) is 0.782. The number of aliphatic hydroxyl groups excluding tert-OH is 1. The molecule has 6 heteroatoms. The number of thiophene rings is 1. The Hall–Kier alpha value is -1.89. The summed E-state index contributed by atoms with van der Waals surface area (Å²) in [6.45, 7) is 10.3. The molecule has 0 spiro atoms. The normalized spacial score (nSPS) is 23.4. The second-order valence-electron chi connectivity index (χ2n) is 8.45. The lowest BCUT2D eigenvalue weighted by Gasteiger charge is -2.38. The first-order chi connectivity index (χ1) is 13.9. The Kier molecular flexibility index (Phi) is 5.69. The average molecular weight is 415 g/mol. The van der Waals surface area contributed by atoms with Crippen molar-refractivity contribution < 1.29 is 14.6 Å². The van der Waals surface area contributed by atoms with Crippen LogP contribution in [0.1, 0.15) is 53.4 Å². The van der Waals surface area contributed by atoms with Crippen LogP contribution < -0.4 is 4.74 Å². The maximum atomic E-state index is 12.8. The molecule has 2 aliphatic rings. The number of fused-ring (bicyclic) bond motifs is 2. The van der Waals surface area contributed by atoms with Gasteiger partial charge in [-0.15, -0.1) is 0 Å². The van der Waals surface area contributed by atoms with E-state index in [1.54, 1.807) is 18.3 Å². The highest BCUT2D eigenvalue weighted by atomic mass is 32.1. The van der Waals surface area contributed by atoms with Gasteiger partial charge in [-0.3, -0.25) is 9.69 Å². The Bertz CT molecular complexity index is 880. The highest BCUT2D eigenvalue weighted by Gasteiger charge is 2.47. The number of hydrogen-bond donors (Lipinski definition) is 1. The number of ether oxygens (including phenoxy) is 1. The monoisotopic (exact) mass is 414 g/mol. The number of benzene rings is 1. The van der Waals surface area contributed by atoms with Crippen molar-refractivity contribution >= 4 is 17.2 Å². The Labute approximate surface area is 176 Å². The number of rotatable bonds is 6. The van der Waals surface area contributed by atoms with Gasteiger partial charge in [0.25, 0.3) is 5.91 Å². The van der Waals surface area contributed by atoms with Crippen molar-refractivity contribution in [2.75, 3.05) is 19.7 Å². The Morgan fingerprint density at radius 1 is 1.21 bits per heavy atom. The molecule has 156 valence electrons. The van der Waals surface area contributed by atoms with Gasteiger partial charge < -0.3 is 14.7 Å². The minimum absolute atomic E-state index is 0.178. The first-order valence-electron chi connectivity index (χ1n) is 10.4. The van der Waals surface area contributed by atoms with Crippen molar-refractivity contribution in [1.82, 2.24) is 9.80 Å². The fourth-order valence-electron chi connectivity index (χ4n) is 4.79. The van der Waals surface area contributed by atoms with Gasteiger partial charge in [0.1, 0.15) is 12.4 Å². The van der Waals surface area contributed by atoms with Crippen LogP contribution in [0, 0.1) is 13.8 Å². The van der Waals surface area contributed by atoms with E-state index in [2.05, 4.69) is 36.6 Å². The van der Waals surface area contributed by atoms with Crippen LogP contribution in [0.25, 0.3) is 0 Å². The third kappa shape index (κ3) is 3.81. The van der Waals surface area contributed by atoms with Crippen molar-refractivity contribution in [3.8, 4) is 5.75 Å². The standard InChI is InChI=1S/C23H30N2O3S/c1-14(26)12-28-22-6-5-21(15(2)16(22)3)17(4)24-10-20-9-19(24)11-25(20)23(27)18-7-8-29-13-18/h5-8,13-14,17,19-20,26H,9-12H2,1-4H3/t14?,17-,19-,20-/m0/s1. The number of likely N-dealkylation sites (tertiary alicyclic amines) is 2. The number of aliphatic hydroxyl groups is 1. The van der Waals surface area contributed by atoms with Gasteiger partial charge in [0, 0.05) is 36.6 Å². The number of hydrogen-bond acceptors (Lipinski definition) is 5. The van der Waals surface area contributed by atoms with Gasteiger partial charge in [-0.2, -0.15) is 11.3 Å². The van der Waals surface area contributed by atoms with Crippen LogP contribution in [-0.4, -0.2) is 58.7 Å². The Balaban J connectivity index is 1.46. The van der Waals surface area contributed by atoms with E-state index < -0.39 is 6.10 Å². The molecule has 0 radical (unpaired) electrons. The summed E-state index contributed by atoms with van der Waals surface area (Å²) in [7, 11) is 0. The molecule has 2 aromatic rings. The van der Waals surface area contributed by atoms with Crippen LogP contribution in [0.5, 0.6) is 5.75 Å². The van der Waals surface area contributed by atoms with E-state index in [9.17, 15) is 9.90 Å². The molecule has 2 saturated heterocycles. The van der Waals surface area contributed by atoms with E-state index >= 15 is 0 Å². The van der Waals surface area contributed by atoms with Crippen LogP contribution in [0.15, 0.2) is 29.0 Å². The maximum Gasteiger partial charge on any atom is 0.255 e. The molecule has 1 N–H and O–H groups in total. The molecule has 4 rings (SSSR count). The van der Waals surface area contributed by atoms with Crippen molar-refractivity contribution in [3.63, 3.8) is 0 Å². The second-order valence-corrected chi connectivity index (χ2v) is 9.23. The molecule has 29 heavy (non-hydrogen) atoms. The topological polar surface area (TPSA) is 53.0 Å². The van der Waals surface area contributed by atoms with Crippen LogP contribution in [-0.2, 0) is 0 Å². The van der Waals surface area contributed by atoms with Crippen molar-refractivity contribution in [2.45, 2.75) is 58.3 Å². The lowest BCUT2D eigenvalue weighted by Crippen LogP contribution is -2.49. The largest absolute Gasteiger partial charge is 0.491 e. The first-order valence-corrected chi connectivity index (χ1v) is 11.3. The zero-order chi connectivity index (χ0) is 20.7. The molecule has 0 aliphatic carbocycles. The van der Waals surface area contributed by atoms with E-state index in [0.29, 0.717) is 24.7 Å². The fraction of sp³-hybridized carbons (Fsp3) is 0.522. The van der Waals surface area contributed by atoms with Crippen LogP contribution in [0.2, 0.25) is 0 Å². The number of piperazine rings is 1. The molecule has 5 nitrogen and oxygen atoms in total. The molecular weight excluding hydrogens is 384 g/mol. The van der Waals surface area contributed by atoms with Gasteiger partial charge >= 0.3 is 0 Å². The summed E-state index contributed by atoms with van der Waals surface area (Å²) in [6.07, 6.45) is 0.585. The molecule has 1 aromatic heterocycles. The molecule has 1 unspecified atom stereocenters. The Morgan fingerprint density at radius 3 is 2.62 bits per heavy atom. The molecule has 4 atom stereocenters. The number of amides is 1. The summed E-state index contributed by atoms with van der Waals surface area (Å²) in [5.74, 6) is 1.02. The second kappa shape index (κ2) is 8.09. The smallest absolute Gasteiger partial charge is 0.255 e. The maximum absolute atomic E-state index is 12.8. The lowest BCUT2D eigenvalue weighted by atomic mass is 9.96. The summed E-state index contributed by atoms with van der Waals surface area (Å²) in [5.41, 5.74) is 4.51. The van der Waals surface area contributed by atoms with E-state index in [4.69, 9.17) is 4.74 Å². The number of carbonyl (C=O) groups excluding carboxylic acids is 1. The summed E-state index contributed by atoms with van der Waals surface area (Å²) in [4.78, 5) is 17.4.